The predicted molar refractivity (Wildman–Crippen MR) is 132 cm³/mol. The van der Waals surface area contributed by atoms with Crippen molar-refractivity contribution < 1.29 is 98.5 Å². The summed E-state index contributed by atoms with van der Waals surface area (Å²) < 4.78 is 99.7. The van der Waals surface area contributed by atoms with Crippen molar-refractivity contribution in [3.63, 3.8) is 0 Å². The molecule has 0 aromatic carbocycles. The molecule has 3 heterocycles. The summed E-state index contributed by atoms with van der Waals surface area (Å²) in [5.74, 6) is -0.814. The van der Waals surface area contributed by atoms with Crippen LogP contribution < -0.4 is 5.32 Å². The van der Waals surface area contributed by atoms with E-state index in [1.54, 1.807) is 0 Å². The molecule has 0 bridgehead atoms. The number of hydrogen-bond donors (Lipinski definition) is 10. The molecule has 258 valence electrons. The number of aliphatic hydroxyl groups is 7. The van der Waals surface area contributed by atoms with Crippen LogP contribution in [-0.4, -0.2) is 173 Å². The summed E-state index contributed by atoms with van der Waals surface area (Å²) in [6.45, 7) is 0.0838. The van der Waals surface area contributed by atoms with Gasteiger partial charge in [-0.3, -0.25) is 13.9 Å². The minimum Gasteiger partial charge on any atom is -0.394 e. The topological polar surface area (TPSA) is 344 Å². The number of rotatable bonds is 11. The zero-order chi connectivity index (χ0) is 33.3. The van der Waals surface area contributed by atoms with E-state index in [9.17, 15) is 57.4 Å². The summed E-state index contributed by atoms with van der Waals surface area (Å²) >= 11 is 0. The average Bonchev–Trinajstić information content (AvgIpc) is 2.90. The molecule has 0 aliphatic carbocycles. The van der Waals surface area contributed by atoms with Gasteiger partial charge in [-0.15, -0.1) is 0 Å². The van der Waals surface area contributed by atoms with Crippen LogP contribution in [-0.2, 0) is 57.6 Å². The number of carbonyl (C=O) groups excluding carboxylic acids is 1. The van der Waals surface area contributed by atoms with Crippen molar-refractivity contribution >= 4 is 26.7 Å². The van der Waals surface area contributed by atoms with Gasteiger partial charge in [0.2, 0.25) is 5.91 Å². The van der Waals surface area contributed by atoms with Gasteiger partial charge < -0.3 is 64.7 Å². The molecule has 22 nitrogen and oxygen atoms in total. The molecule has 0 aromatic heterocycles. The van der Waals surface area contributed by atoms with Gasteiger partial charge in [-0.25, -0.2) is 8.37 Å². The van der Waals surface area contributed by atoms with Gasteiger partial charge in [0, 0.05) is 6.92 Å². The highest BCUT2D eigenvalue weighted by atomic mass is 32.3. The third-order valence-electron chi connectivity index (χ3n) is 6.86. The van der Waals surface area contributed by atoms with E-state index in [0.717, 1.165) is 6.92 Å². The highest BCUT2D eigenvalue weighted by Gasteiger charge is 2.55. The Kier molecular flexibility index (Phi) is 12.4. The summed E-state index contributed by atoms with van der Waals surface area (Å²) in [6.07, 6.45) is -26.7. The first-order valence-corrected chi connectivity index (χ1v) is 15.5. The lowest BCUT2D eigenvalue weighted by Gasteiger charge is -2.49. The Morgan fingerprint density at radius 2 is 1.34 bits per heavy atom. The van der Waals surface area contributed by atoms with E-state index in [0.29, 0.717) is 0 Å². The van der Waals surface area contributed by atoms with E-state index in [2.05, 4.69) is 13.7 Å². The maximum absolute atomic E-state index is 12.0. The molecule has 3 fully saturated rings. The summed E-state index contributed by atoms with van der Waals surface area (Å²) in [5, 5.41) is 74.5. The number of aliphatic hydroxyl groups excluding tert-OH is 7. The highest BCUT2D eigenvalue weighted by Crippen LogP contribution is 2.34. The van der Waals surface area contributed by atoms with Crippen LogP contribution in [0.25, 0.3) is 0 Å². The van der Waals surface area contributed by atoms with E-state index in [4.69, 9.17) is 32.8 Å². The molecular weight excluding hydrogens is 654 g/mol. The van der Waals surface area contributed by atoms with Gasteiger partial charge in [0.05, 0.1) is 19.3 Å². The minimum atomic E-state index is -5.34. The number of carbonyl (C=O) groups is 1. The van der Waals surface area contributed by atoms with Gasteiger partial charge in [0.1, 0.15) is 67.1 Å². The molecule has 3 aliphatic rings. The van der Waals surface area contributed by atoms with Crippen LogP contribution in [0, 0.1) is 0 Å². The summed E-state index contributed by atoms with van der Waals surface area (Å²) in [7, 11) is -10.5. The molecule has 1 amide bonds. The van der Waals surface area contributed by atoms with E-state index in [-0.39, 0.29) is 0 Å². The van der Waals surface area contributed by atoms with Gasteiger partial charge in [-0.05, 0) is 6.92 Å². The maximum atomic E-state index is 12.0. The van der Waals surface area contributed by atoms with Crippen LogP contribution in [0.15, 0.2) is 0 Å². The van der Waals surface area contributed by atoms with Crippen molar-refractivity contribution in [1.29, 1.82) is 0 Å². The number of nitrogens with one attached hydrogen (secondary N) is 1. The van der Waals surface area contributed by atoms with Crippen LogP contribution in [0.5, 0.6) is 0 Å². The fourth-order valence-electron chi connectivity index (χ4n) is 4.78. The van der Waals surface area contributed by atoms with Crippen molar-refractivity contribution in [3.8, 4) is 0 Å². The second kappa shape index (κ2) is 14.7. The Bertz CT molecular complexity index is 1190. The zero-order valence-electron chi connectivity index (χ0n) is 22.8. The molecule has 44 heavy (non-hydrogen) atoms. The Labute approximate surface area is 249 Å². The van der Waals surface area contributed by atoms with Crippen LogP contribution >= 0.6 is 0 Å². The van der Waals surface area contributed by atoms with Crippen LogP contribution in [0.3, 0.4) is 0 Å². The normalized spacial score (nSPS) is 43.8. The number of amides is 1. The van der Waals surface area contributed by atoms with Crippen LogP contribution in [0.1, 0.15) is 13.8 Å². The van der Waals surface area contributed by atoms with E-state index >= 15 is 0 Å². The minimum absolute atomic E-state index is 0.814. The van der Waals surface area contributed by atoms with Gasteiger partial charge >= 0.3 is 20.8 Å². The van der Waals surface area contributed by atoms with Crippen molar-refractivity contribution in [2.45, 2.75) is 106 Å². The molecule has 0 radical (unpaired) electrons. The lowest BCUT2D eigenvalue weighted by atomic mass is 9.94. The van der Waals surface area contributed by atoms with Gasteiger partial charge in [-0.2, -0.15) is 16.8 Å². The monoisotopic (exact) mass is 689 g/mol. The molecular formula is C20H35NO21S2. The van der Waals surface area contributed by atoms with E-state index in [1.165, 1.54) is 6.92 Å². The first kappa shape index (κ1) is 37.2. The highest BCUT2D eigenvalue weighted by molar-refractivity contribution is 7.81. The fraction of sp³-hybridized carbons (Fsp3) is 0.950. The van der Waals surface area contributed by atoms with Gasteiger partial charge in [-0.1, -0.05) is 0 Å². The SMILES string of the molecule is CC(=O)N[C@@H]1[C@@H](O[C@@H]2O[C@@H](C)[C@@H](O)[C@@H](O)[C@@H]2O)[C@H](O[C@@H]2O[C@H](CO)[C@H](O)[C@H](OS(=O)(=O)O)[C@H]2O)[C@@H](COS(=O)(=O)O)O[C@H]1O. The average molecular weight is 690 g/mol. The van der Waals surface area contributed by atoms with Crippen LogP contribution in [0.2, 0.25) is 0 Å². The van der Waals surface area contributed by atoms with E-state index in [1.807, 2.05) is 0 Å². The van der Waals surface area contributed by atoms with Crippen molar-refractivity contribution in [2.75, 3.05) is 13.2 Å². The van der Waals surface area contributed by atoms with Crippen molar-refractivity contribution in [3.05, 3.63) is 0 Å². The predicted octanol–water partition coefficient (Wildman–Crippen LogP) is -6.75. The number of hydrogen-bond acceptors (Lipinski definition) is 19. The fourth-order valence-corrected chi connectivity index (χ4v) is 5.59. The Hall–Kier alpha value is -1.27. The van der Waals surface area contributed by atoms with E-state index < -0.39 is 132 Å². The van der Waals surface area contributed by atoms with Crippen molar-refractivity contribution in [1.82, 2.24) is 5.32 Å². The van der Waals surface area contributed by atoms with Crippen LogP contribution in [0.4, 0.5) is 0 Å². The van der Waals surface area contributed by atoms with Gasteiger partial charge in [0.15, 0.2) is 18.9 Å². The van der Waals surface area contributed by atoms with Crippen molar-refractivity contribution in [2.24, 2.45) is 0 Å². The molecule has 24 heteroatoms. The molecule has 15 atom stereocenters. The molecule has 3 rings (SSSR count). The quantitative estimate of drug-likeness (QED) is 0.0901. The summed E-state index contributed by atoms with van der Waals surface area (Å²) in [6, 6.07) is -1.69. The molecule has 3 saturated heterocycles. The lowest BCUT2D eigenvalue weighted by molar-refractivity contribution is -0.369. The first-order valence-electron chi connectivity index (χ1n) is 12.7. The number of ether oxygens (including phenoxy) is 5. The third kappa shape index (κ3) is 9.17. The molecule has 10 N–H and O–H groups in total. The third-order valence-corrected chi connectivity index (χ3v) is 7.76. The second-order valence-electron chi connectivity index (χ2n) is 10.1. The molecule has 0 aromatic rings. The largest absolute Gasteiger partial charge is 0.397 e. The molecule has 3 aliphatic heterocycles. The summed E-state index contributed by atoms with van der Waals surface area (Å²) in [4.78, 5) is 12.0. The molecule has 0 unspecified atom stereocenters. The standard InChI is InChI=1S/C20H35NO21S2/c1-5-10(24)12(26)13(27)19(37-5)41-16-9(21-6(2)23)18(29)38-8(4-36-43(30,31)32)15(16)40-20-14(28)17(42-44(33,34)35)11(25)7(3-22)39-20/h5,7-20,22,24-29H,3-4H2,1-2H3,(H,21,23)(H,30,31,32)(H,33,34,35)/t5-,7+,8+,9+,10+,11-,12+,13-,14+,15+,16+,17-,18+,19-,20-/m0/s1. The first-order chi connectivity index (χ1) is 20.2. The lowest BCUT2D eigenvalue weighted by Crippen LogP contribution is -2.69. The smallest absolute Gasteiger partial charge is 0.394 e. The zero-order valence-corrected chi connectivity index (χ0v) is 24.4. The Balaban J connectivity index is 2.05. The molecule has 0 spiro atoms. The summed E-state index contributed by atoms with van der Waals surface area (Å²) in [5.41, 5.74) is 0. The maximum Gasteiger partial charge on any atom is 0.397 e. The molecule has 0 saturated carbocycles. The Morgan fingerprint density at radius 3 is 1.89 bits per heavy atom. The van der Waals surface area contributed by atoms with Gasteiger partial charge in [0.25, 0.3) is 0 Å². The second-order valence-corrected chi connectivity index (χ2v) is 12.2. The Morgan fingerprint density at radius 1 is 0.750 bits per heavy atom.